The molecular formula is C12H24FNO. The van der Waals surface area contributed by atoms with Gasteiger partial charge in [-0.3, -0.25) is 0 Å². The first-order valence-electron chi connectivity index (χ1n) is 6.03. The fraction of sp³-hybridized carbons (Fsp3) is 1.00. The van der Waals surface area contributed by atoms with Gasteiger partial charge < -0.3 is 10.5 Å². The summed E-state index contributed by atoms with van der Waals surface area (Å²) in [7, 11) is 0. The Hall–Kier alpha value is -0.150. The van der Waals surface area contributed by atoms with Gasteiger partial charge in [-0.1, -0.05) is 13.8 Å². The minimum absolute atomic E-state index is 0.198. The van der Waals surface area contributed by atoms with Crippen LogP contribution in [0.5, 0.6) is 0 Å². The van der Waals surface area contributed by atoms with Crippen molar-refractivity contribution in [1.82, 2.24) is 0 Å². The molecule has 0 heterocycles. The van der Waals surface area contributed by atoms with Crippen LogP contribution in [0.1, 0.15) is 39.5 Å². The second kappa shape index (κ2) is 5.80. The molecule has 3 heteroatoms. The van der Waals surface area contributed by atoms with E-state index in [2.05, 4.69) is 13.8 Å². The van der Waals surface area contributed by atoms with Gasteiger partial charge in [0.1, 0.15) is 6.67 Å². The van der Waals surface area contributed by atoms with Crippen molar-refractivity contribution in [2.24, 2.45) is 17.6 Å². The van der Waals surface area contributed by atoms with Gasteiger partial charge in [-0.25, -0.2) is 4.39 Å². The van der Waals surface area contributed by atoms with E-state index in [-0.39, 0.29) is 12.2 Å². The molecule has 0 radical (unpaired) electrons. The molecular weight excluding hydrogens is 193 g/mol. The lowest BCUT2D eigenvalue weighted by atomic mass is 9.74. The first-order chi connectivity index (χ1) is 7.13. The highest BCUT2D eigenvalue weighted by molar-refractivity contribution is 4.89. The molecule has 0 aromatic rings. The van der Waals surface area contributed by atoms with Crippen molar-refractivity contribution in [3.63, 3.8) is 0 Å². The maximum atomic E-state index is 12.1. The van der Waals surface area contributed by atoms with Gasteiger partial charge in [0.15, 0.2) is 0 Å². The predicted molar refractivity (Wildman–Crippen MR) is 60.5 cm³/mol. The fourth-order valence-electron chi connectivity index (χ4n) is 2.50. The summed E-state index contributed by atoms with van der Waals surface area (Å²) >= 11 is 0. The van der Waals surface area contributed by atoms with Crippen LogP contribution < -0.4 is 5.73 Å². The van der Waals surface area contributed by atoms with Crippen molar-refractivity contribution in [3.05, 3.63) is 0 Å². The summed E-state index contributed by atoms with van der Waals surface area (Å²) in [5.41, 5.74) is 5.53. The van der Waals surface area contributed by atoms with E-state index in [1.54, 1.807) is 0 Å². The van der Waals surface area contributed by atoms with E-state index < -0.39 is 6.67 Å². The number of hydrogen-bond acceptors (Lipinski definition) is 2. The number of hydrogen-bond donors (Lipinski definition) is 1. The Morgan fingerprint density at radius 2 is 2.00 bits per heavy atom. The normalized spacial score (nSPS) is 32.2. The van der Waals surface area contributed by atoms with Crippen LogP contribution in [-0.4, -0.2) is 25.4 Å². The molecule has 1 fully saturated rings. The molecule has 0 spiro atoms. The highest BCUT2D eigenvalue weighted by atomic mass is 19.1. The molecule has 2 N–H and O–H groups in total. The van der Waals surface area contributed by atoms with Gasteiger partial charge in [0.25, 0.3) is 0 Å². The van der Waals surface area contributed by atoms with Gasteiger partial charge in [-0.2, -0.15) is 0 Å². The second-order valence-corrected chi connectivity index (χ2v) is 5.01. The predicted octanol–water partition coefficient (Wildman–Crippen LogP) is 2.52. The Morgan fingerprint density at radius 3 is 2.40 bits per heavy atom. The Morgan fingerprint density at radius 1 is 1.40 bits per heavy atom. The van der Waals surface area contributed by atoms with Crippen LogP contribution in [0.4, 0.5) is 4.39 Å². The summed E-state index contributed by atoms with van der Waals surface area (Å²) in [5.74, 6) is 1.53. The average molecular weight is 217 g/mol. The van der Waals surface area contributed by atoms with E-state index in [0.29, 0.717) is 6.54 Å². The van der Waals surface area contributed by atoms with Gasteiger partial charge in [0.2, 0.25) is 0 Å². The summed E-state index contributed by atoms with van der Waals surface area (Å²) in [5, 5.41) is 0. The van der Waals surface area contributed by atoms with E-state index in [1.165, 1.54) is 12.8 Å². The highest BCUT2D eigenvalue weighted by Crippen LogP contribution is 2.37. The first-order valence-corrected chi connectivity index (χ1v) is 6.03. The smallest absolute Gasteiger partial charge is 0.113 e. The molecule has 0 bridgehead atoms. The van der Waals surface area contributed by atoms with Crippen LogP contribution in [-0.2, 0) is 4.74 Å². The number of rotatable bonds is 5. The third-order valence-corrected chi connectivity index (χ3v) is 3.74. The van der Waals surface area contributed by atoms with Crippen LogP contribution >= 0.6 is 0 Å². The number of alkyl halides is 1. The zero-order valence-corrected chi connectivity index (χ0v) is 9.97. The fourth-order valence-corrected chi connectivity index (χ4v) is 2.50. The molecule has 0 aromatic heterocycles. The average Bonchev–Trinajstić information content (AvgIpc) is 2.27. The maximum Gasteiger partial charge on any atom is 0.113 e. The standard InChI is InChI=1S/C12H24FNO/c1-10(2)11-3-5-12(9-14,6-4-11)15-8-7-13/h10-11H,3-9,14H2,1-2H3. The largest absolute Gasteiger partial charge is 0.371 e. The molecule has 1 rings (SSSR count). The van der Waals surface area contributed by atoms with Gasteiger partial charge in [-0.05, 0) is 37.5 Å². The SMILES string of the molecule is CC(C)C1CCC(CN)(OCCF)CC1. The van der Waals surface area contributed by atoms with E-state index in [4.69, 9.17) is 10.5 Å². The molecule has 90 valence electrons. The van der Waals surface area contributed by atoms with Gasteiger partial charge >= 0.3 is 0 Å². The lowest BCUT2D eigenvalue weighted by Crippen LogP contribution is -2.45. The molecule has 0 saturated heterocycles. The monoisotopic (exact) mass is 217 g/mol. The molecule has 0 amide bonds. The molecule has 1 saturated carbocycles. The quantitative estimate of drug-likeness (QED) is 0.768. The van der Waals surface area contributed by atoms with Crippen molar-refractivity contribution in [2.75, 3.05) is 19.8 Å². The number of halogens is 1. The lowest BCUT2D eigenvalue weighted by Gasteiger charge is -2.40. The van der Waals surface area contributed by atoms with Gasteiger partial charge in [0.05, 0.1) is 12.2 Å². The molecule has 0 aromatic carbocycles. The highest BCUT2D eigenvalue weighted by Gasteiger charge is 2.35. The lowest BCUT2D eigenvalue weighted by molar-refractivity contribution is -0.0778. The summed E-state index contributed by atoms with van der Waals surface area (Å²) in [6, 6.07) is 0. The van der Waals surface area contributed by atoms with E-state index in [9.17, 15) is 4.39 Å². The topological polar surface area (TPSA) is 35.2 Å². The number of nitrogens with two attached hydrogens (primary N) is 1. The maximum absolute atomic E-state index is 12.1. The molecule has 0 aliphatic heterocycles. The third-order valence-electron chi connectivity index (χ3n) is 3.74. The molecule has 2 nitrogen and oxygen atoms in total. The zero-order valence-electron chi connectivity index (χ0n) is 9.97. The molecule has 15 heavy (non-hydrogen) atoms. The van der Waals surface area contributed by atoms with Crippen LogP contribution in [0.15, 0.2) is 0 Å². The van der Waals surface area contributed by atoms with Crippen molar-refractivity contribution in [1.29, 1.82) is 0 Å². The van der Waals surface area contributed by atoms with Crippen molar-refractivity contribution < 1.29 is 9.13 Å². The van der Waals surface area contributed by atoms with Crippen LogP contribution in [0.2, 0.25) is 0 Å². The van der Waals surface area contributed by atoms with Crippen molar-refractivity contribution in [3.8, 4) is 0 Å². The Bertz CT molecular complexity index is 176. The summed E-state index contributed by atoms with van der Waals surface area (Å²) in [6.45, 7) is 4.85. The molecule has 1 aliphatic rings. The number of ether oxygens (including phenoxy) is 1. The minimum Gasteiger partial charge on any atom is -0.371 e. The Balaban J connectivity index is 2.43. The molecule has 0 atom stereocenters. The van der Waals surface area contributed by atoms with E-state index >= 15 is 0 Å². The summed E-state index contributed by atoms with van der Waals surface area (Å²) in [4.78, 5) is 0. The van der Waals surface area contributed by atoms with Gasteiger partial charge in [0, 0.05) is 6.54 Å². The summed E-state index contributed by atoms with van der Waals surface area (Å²) < 4.78 is 17.7. The third kappa shape index (κ3) is 3.42. The van der Waals surface area contributed by atoms with Crippen molar-refractivity contribution in [2.45, 2.75) is 45.1 Å². The van der Waals surface area contributed by atoms with Crippen LogP contribution in [0, 0.1) is 11.8 Å². The van der Waals surface area contributed by atoms with Crippen molar-refractivity contribution >= 4 is 0 Å². The van der Waals surface area contributed by atoms with Crippen LogP contribution in [0.25, 0.3) is 0 Å². The zero-order chi connectivity index (χ0) is 11.3. The van der Waals surface area contributed by atoms with Gasteiger partial charge in [-0.15, -0.1) is 0 Å². The minimum atomic E-state index is -0.407. The second-order valence-electron chi connectivity index (χ2n) is 5.01. The Labute approximate surface area is 92.4 Å². The summed E-state index contributed by atoms with van der Waals surface area (Å²) in [6.07, 6.45) is 4.32. The first kappa shape index (κ1) is 12.9. The molecule has 1 aliphatic carbocycles. The molecule has 0 unspecified atom stereocenters. The van der Waals surface area contributed by atoms with E-state index in [0.717, 1.165) is 24.7 Å². The van der Waals surface area contributed by atoms with Crippen LogP contribution in [0.3, 0.4) is 0 Å². The Kier molecular flexibility index (Phi) is 5.00. The van der Waals surface area contributed by atoms with E-state index in [1.807, 2.05) is 0 Å².